The summed E-state index contributed by atoms with van der Waals surface area (Å²) >= 11 is 6.06. The summed E-state index contributed by atoms with van der Waals surface area (Å²) in [7, 11) is 2.13. The van der Waals surface area contributed by atoms with Crippen LogP contribution in [-0.4, -0.2) is 24.7 Å². The van der Waals surface area contributed by atoms with E-state index in [0.717, 1.165) is 36.6 Å². The van der Waals surface area contributed by atoms with Crippen molar-refractivity contribution in [3.8, 4) is 5.75 Å². The molecular weight excluding hydrogens is 294 g/mol. The third-order valence-electron chi connectivity index (χ3n) is 4.26. The van der Waals surface area contributed by atoms with Gasteiger partial charge in [-0.25, -0.2) is 0 Å². The van der Waals surface area contributed by atoms with Crippen molar-refractivity contribution in [2.45, 2.75) is 31.9 Å². The smallest absolute Gasteiger partial charge is 0.152 e. The van der Waals surface area contributed by atoms with E-state index in [1.54, 1.807) is 0 Å². The average molecular weight is 316 g/mol. The molecule has 0 spiro atoms. The highest BCUT2D eigenvalue weighted by molar-refractivity contribution is 6.30. The van der Waals surface area contributed by atoms with Gasteiger partial charge in [-0.3, -0.25) is 4.90 Å². The molecule has 1 fully saturated rings. The Morgan fingerprint density at radius 2 is 2.00 bits per heavy atom. The molecule has 1 aliphatic rings. The molecule has 0 amide bonds. The van der Waals surface area contributed by atoms with E-state index in [1.165, 1.54) is 17.5 Å². The molecule has 1 saturated heterocycles. The average Bonchev–Trinajstić information content (AvgIpc) is 2.92. The molecule has 0 N–H and O–H groups in total. The van der Waals surface area contributed by atoms with E-state index in [1.807, 2.05) is 24.3 Å². The van der Waals surface area contributed by atoms with Crippen LogP contribution < -0.4 is 4.74 Å². The number of hydrogen-bond donors (Lipinski definition) is 0. The summed E-state index contributed by atoms with van der Waals surface area (Å²) < 4.78 is 6.23. The van der Waals surface area contributed by atoms with E-state index < -0.39 is 0 Å². The van der Waals surface area contributed by atoms with Crippen molar-refractivity contribution in [2.75, 3.05) is 13.6 Å². The molecule has 1 heterocycles. The summed E-state index contributed by atoms with van der Waals surface area (Å²) in [6, 6.07) is 16.5. The first-order valence-corrected chi connectivity index (χ1v) is 8.29. The minimum absolute atomic E-state index is 0.215. The Morgan fingerprint density at radius 3 is 2.77 bits per heavy atom. The number of rotatable bonds is 5. The molecule has 2 nitrogen and oxygen atoms in total. The van der Waals surface area contributed by atoms with Crippen LogP contribution in [0.2, 0.25) is 5.02 Å². The SMILES string of the molecule is CN1CCCC1Oc1ccccc1CCc1cccc(Cl)c1. The van der Waals surface area contributed by atoms with Crippen LogP contribution in [0.25, 0.3) is 0 Å². The second kappa shape index (κ2) is 7.17. The first-order chi connectivity index (χ1) is 10.7. The first kappa shape index (κ1) is 15.4. The highest BCUT2D eigenvalue weighted by atomic mass is 35.5. The molecule has 22 heavy (non-hydrogen) atoms. The zero-order valence-corrected chi connectivity index (χ0v) is 13.7. The maximum absolute atomic E-state index is 6.23. The van der Waals surface area contributed by atoms with Crippen LogP contribution in [-0.2, 0) is 12.8 Å². The lowest BCUT2D eigenvalue weighted by atomic mass is 10.0. The second-order valence-corrected chi connectivity index (χ2v) is 6.37. The maximum Gasteiger partial charge on any atom is 0.152 e. The van der Waals surface area contributed by atoms with Gasteiger partial charge in [0.1, 0.15) is 5.75 Å². The molecule has 1 unspecified atom stereocenters. The van der Waals surface area contributed by atoms with Gasteiger partial charge >= 0.3 is 0 Å². The molecule has 1 atom stereocenters. The number of aryl methyl sites for hydroxylation is 2. The largest absolute Gasteiger partial charge is 0.475 e. The fourth-order valence-corrected chi connectivity index (χ4v) is 3.18. The van der Waals surface area contributed by atoms with Crippen molar-refractivity contribution in [1.82, 2.24) is 4.90 Å². The van der Waals surface area contributed by atoms with Crippen LogP contribution in [0.4, 0.5) is 0 Å². The molecule has 0 saturated carbocycles. The predicted molar refractivity (Wildman–Crippen MR) is 91.6 cm³/mol. The minimum Gasteiger partial charge on any atom is -0.475 e. The van der Waals surface area contributed by atoms with Crippen molar-refractivity contribution in [3.63, 3.8) is 0 Å². The molecule has 3 rings (SSSR count). The predicted octanol–water partition coefficient (Wildman–Crippen LogP) is 4.56. The van der Waals surface area contributed by atoms with Crippen LogP contribution in [0.15, 0.2) is 48.5 Å². The molecule has 116 valence electrons. The van der Waals surface area contributed by atoms with Crippen molar-refractivity contribution in [3.05, 3.63) is 64.7 Å². The molecule has 2 aromatic carbocycles. The van der Waals surface area contributed by atoms with Gasteiger partial charge in [-0.1, -0.05) is 41.9 Å². The van der Waals surface area contributed by atoms with Gasteiger partial charge < -0.3 is 4.74 Å². The Balaban J connectivity index is 1.68. The van der Waals surface area contributed by atoms with Crippen molar-refractivity contribution < 1.29 is 4.74 Å². The van der Waals surface area contributed by atoms with Gasteiger partial charge in [0.2, 0.25) is 0 Å². The maximum atomic E-state index is 6.23. The molecule has 0 bridgehead atoms. The van der Waals surface area contributed by atoms with Crippen LogP contribution in [0.1, 0.15) is 24.0 Å². The van der Waals surface area contributed by atoms with Crippen molar-refractivity contribution in [2.24, 2.45) is 0 Å². The van der Waals surface area contributed by atoms with E-state index >= 15 is 0 Å². The summed E-state index contributed by atoms with van der Waals surface area (Å²) in [4.78, 5) is 2.29. The third-order valence-corrected chi connectivity index (χ3v) is 4.50. The van der Waals surface area contributed by atoms with Gasteiger partial charge in [-0.15, -0.1) is 0 Å². The Labute approximate surface area is 137 Å². The van der Waals surface area contributed by atoms with Crippen molar-refractivity contribution in [1.29, 1.82) is 0 Å². The van der Waals surface area contributed by atoms with E-state index in [-0.39, 0.29) is 6.23 Å². The summed E-state index contributed by atoms with van der Waals surface area (Å²) in [5.41, 5.74) is 2.53. The van der Waals surface area contributed by atoms with Gasteiger partial charge in [-0.05, 0) is 62.1 Å². The molecular formula is C19H22ClNO. The number of hydrogen-bond acceptors (Lipinski definition) is 2. The summed E-state index contributed by atoms with van der Waals surface area (Å²) in [6.45, 7) is 1.12. The summed E-state index contributed by atoms with van der Waals surface area (Å²) in [6.07, 6.45) is 4.48. The van der Waals surface area contributed by atoms with E-state index in [2.05, 4.69) is 36.2 Å². The number of ether oxygens (including phenoxy) is 1. The van der Waals surface area contributed by atoms with Crippen LogP contribution in [0, 0.1) is 0 Å². The van der Waals surface area contributed by atoms with Crippen LogP contribution >= 0.6 is 11.6 Å². The Morgan fingerprint density at radius 1 is 1.14 bits per heavy atom. The first-order valence-electron chi connectivity index (χ1n) is 7.91. The quantitative estimate of drug-likeness (QED) is 0.802. The number of likely N-dealkylation sites (tertiary alicyclic amines) is 1. The van der Waals surface area contributed by atoms with E-state index in [4.69, 9.17) is 16.3 Å². The molecule has 2 aromatic rings. The minimum atomic E-state index is 0.215. The molecule has 1 aliphatic heterocycles. The number of halogens is 1. The van der Waals surface area contributed by atoms with Crippen LogP contribution in [0.5, 0.6) is 5.75 Å². The second-order valence-electron chi connectivity index (χ2n) is 5.93. The van der Waals surface area contributed by atoms with Crippen molar-refractivity contribution >= 4 is 11.6 Å². The lowest BCUT2D eigenvalue weighted by Gasteiger charge is -2.22. The van der Waals surface area contributed by atoms with E-state index in [9.17, 15) is 0 Å². The number of nitrogens with zero attached hydrogens (tertiary/aromatic N) is 1. The molecule has 0 aliphatic carbocycles. The van der Waals surface area contributed by atoms with Gasteiger partial charge in [0.05, 0.1) is 0 Å². The lowest BCUT2D eigenvalue weighted by molar-refractivity contribution is 0.0802. The highest BCUT2D eigenvalue weighted by Gasteiger charge is 2.23. The normalized spacial score (nSPS) is 18.5. The zero-order valence-electron chi connectivity index (χ0n) is 13.0. The lowest BCUT2D eigenvalue weighted by Crippen LogP contribution is -2.30. The molecule has 3 heteroatoms. The van der Waals surface area contributed by atoms with Gasteiger partial charge in [0.25, 0.3) is 0 Å². The molecule has 0 radical (unpaired) electrons. The third kappa shape index (κ3) is 3.82. The number of benzene rings is 2. The highest BCUT2D eigenvalue weighted by Crippen LogP contribution is 2.25. The van der Waals surface area contributed by atoms with Gasteiger partial charge in [-0.2, -0.15) is 0 Å². The zero-order chi connectivity index (χ0) is 15.4. The van der Waals surface area contributed by atoms with Gasteiger partial charge in [0.15, 0.2) is 6.23 Å². The van der Waals surface area contributed by atoms with Gasteiger partial charge in [0, 0.05) is 11.6 Å². The Hall–Kier alpha value is -1.51. The molecule has 0 aromatic heterocycles. The Kier molecular flexibility index (Phi) is 5.01. The fraction of sp³-hybridized carbons (Fsp3) is 0.368. The summed E-state index contributed by atoms with van der Waals surface area (Å²) in [5, 5.41) is 0.801. The van der Waals surface area contributed by atoms with E-state index in [0.29, 0.717) is 0 Å². The topological polar surface area (TPSA) is 12.5 Å². The summed E-state index contributed by atoms with van der Waals surface area (Å²) in [5.74, 6) is 1.02. The Bertz CT molecular complexity index is 628. The fourth-order valence-electron chi connectivity index (χ4n) is 2.97. The van der Waals surface area contributed by atoms with Crippen LogP contribution in [0.3, 0.4) is 0 Å². The monoisotopic (exact) mass is 315 g/mol. The number of para-hydroxylation sites is 1. The standard InChI is InChI=1S/C19H22ClNO/c1-21-13-5-10-19(21)22-18-9-3-2-7-16(18)12-11-15-6-4-8-17(20)14-15/h2-4,6-9,14,19H,5,10-13H2,1H3.